The van der Waals surface area contributed by atoms with Crippen molar-refractivity contribution in [2.45, 2.75) is 33.3 Å². The first-order chi connectivity index (χ1) is 10.1. The summed E-state index contributed by atoms with van der Waals surface area (Å²) in [6.45, 7) is 6.21. The highest BCUT2D eigenvalue weighted by Gasteiger charge is 2.14. The molecule has 0 spiro atoms. The van der Waals surface area contributed by atoms with Crippen LogP contribution in [0.2, 0.25) is 0 Å². The number of rotatable bonds is 5. The van der Waals surface area contributed by atoms with Crippen molar-refractivity contribution >= 4 is 6.03 Å². The molecule has 1 heterocycles. The number of hydrogen-bond donors (Lipinski definition) is 1. The van der Waals surface area contributed by atoms with Crippen LogP contribution < -0.4 is 10.1 Å². The first kappa shape index (κ1) is 15.1. The number of benzene rings is 1. The Morgan fingerprint density at radius 3 is 2.71 bits per heavy atom. The quantitative estimate of drug-likeness (QED) is 0.920. The summed E-state index contributed by atoms with van der Waals surface area (Å²) in [4.78, 5) is 16.4. The Kier molecular flexibility index (Phi) is 4.98. The molecule has 5 heteroatoms. The molecule has 1 aromatic heterocycles. The average Bonchev–Trinajstić information content (AvgIpc) is 2.80. The van der Waals surface area contributed by atoms with E-state index in [0.29, 0.717) is 12.6 Å². The lowest BCUT2D eigenvalue weighted by molar-refractivity contribution is 0.206. The van der Waals surface area contributed by atoms with Crippen molar-refractivity contribution in [2.24, 2.45) is 0 Å². The molecule has 0 aliphatic carbocycles. The number of hydrogen-bond acceptors (Lipinski definition) is 3. The summed E-state index contributed by atoms with van der Waals surface area (Å²) in [7, 11) is 0. The smallest absolute Gasteiger partial charge is 0.329 e. The van der Waals surface area contributed by atoms with Crippen LogP contribution in [0.5, 0.6) is 6.01 Å². The van der Waals surface area contributed by atoms with Crippen molar-refractivity contribution in [3.05, 3.63) is 47.8 Å². The molecule has 1 N–H and O–H groups in total. The number of amides is 1. The molecule has 0 saturated carbocycles. The van der Waals surface area contributed by atoms with E-state index < -0.39 is 0 Å². The summed E-state index contributed by atoms with van der Waals surface area (Å²) in [5.74, 6) is 0. The van der Waals surface area contributed by atoms with Crippen LogP contribution in [0.25, 0.3) is 0 Å². The number of imidazole rings is 1. The van der Waals surface area contributed by atoms with Crippen molar-refractivity contribution < 1.29 is 9.53 Å². The van der Waals surface area contributed by atoms with Gasteiger partial charge in [-0.2, -0.15) is 0 Å². The van der Waals surface area contributed by atoms with Gasteiger partial charge in [-0.15, -0.1) is 0 Å². The molecule has 2 aromatic rings. The maximum atomic E-state index is 12.2. The second-order valence-corrected chi connectivity index (χ2v) is 5.17. The highest BCUT2D eigenvalue weighted by Crippen LogP contribution is 2.12. The molecule has 21 heavy (non-hydrogen) atoms. The fourth-order valence-corrected chi connectivity index (χ4v) is 1.96. The molecule has 1 aromatic carbocycles. The van der Waals surface area contributed by atoms with Crippen LogP contribution in [0.15, 0.2) is 36.5 Å². The van der Waals surface area contributed by atoms with Crippen molar-refractivity contribution in [2.75, 3.05) is 6.54 Å². The molecule has 2 rings (SSSR count). The van der Waals surface area contributed by atoms with E-state index in [-0.39, 0.29) is 12.1 Å². The van der Waals surface area contributed by atoms with Gasteiger partial charge in [0.15, 0.2) is 0 Å². The molecule has 0 saturated heterocycles. The van der Waals surface area contributed by atoms with E-state index in [2.05, 4.69) is 10.3 Å². The topological polar surface area (TPSA) is 56.2 Å². The van der Waals surface area contributed by atoms with Gasteiger partial charge in [-0.3, -0.25) is 0 Å². The number of nitrogens with zero attached hydrogens (tertiary/aromatic N) is 2. The SMILES string of the molecule is Cc1cn(C(=O)NCCc2ccccc2)c(OC(C)C)n1. The van der Waals surface area contributed by atoms with Gasteiger partial charge in [0.2, 0.25) is 0 Å². The normalized spacial score (nSPS) is 10.7. The van der Waals surface area contributed by atoms with Gasteiger partial charge < -0.3 is 10.1 Å². The predicted octanol–water partition coefficient (Wildman–Crippen LogP) is 2.78. The van der Waals surface area contributed by atoms with Gasteiger partial charge in [0, 0.05) is 12.7 Å². The summed E-state index contributed by atoms with van der Waals surface area (Å²) < 4.78 is 6.96. The molecule has 0 atom stereocenters. The van der Waals surface area contributed by atoms with Gasteiger partial charge >= 0.3 is 12.0 Å². The number of aryl methyl sites for hydroxylation is 1. The molecular weight excluding hydrogens is 266 g/mol. The molecule has 112 valence electrons. The van der Waals surface area contributed by atoms with Crippen LogP contribution in [-0.2, 0) is 6.42 Å². The highest BCUT2D eigenvalue weighted by molar-refractivity contribution is 5.78. The Hall–Kier alpha value is -2.30. The minimum absolute atomic E-state index is 0.0253. The summed E-state index contributed by atoms with van der Waals surface area (Å²) in [5, 5.41) is 2.88. The number of carbonyl (C=O) groups is 1. The van der Waals surface area contributed by atoms with Crippen LogP contribution in [-0.4, -0.2) is 28.2 Å². The van der Waals surface area contributed by atoms with Crippen molar-refractivity contribution in [1.82, 2.24) is 14.9 Å². The largest absolute Gasteiger partial charge is 0.462 e. The molecule has 0 fully saturated rings. The van der Waals surface area contributed by atoms with Crippen LogP contribution in [0.1, 0.15) is 25.1 Å². The lowest BCUT2D eigenvalue weighted by atomic mass is 10.1. The fraction of sp³-hybridized carbons (Fsp3) is 0.375. The molecule has 0 aliphatic rings. The van der Waals surface area contributed by atoms with E-state index in [1.165, 1.54) is 10.1 Å². The number of carbonyl (C=O) groups excluding carboxylic acids is 1. The number of nitrogens with one attached hydrogen (secondary N) is 1. The van der Waals surface area contributed by atoms with E-state index in [1.807, 2.05) is 51.1 Å². The fourth-order valence-electron chi connectivity index (χ4n) is 1.96. The van der Waals surface area contributed by atoms with Gasteiger partial charge in [-0.1, -0.05) is 30.3 Å². The van der Waals surface area contributed by atoms with E-state index in [4.69, 9.17) is 4.74 Å². The number of aromatic nitrogens is 2. The second-order valence-electron chi connectivity index (χ2n) is 5.17. The summed E-state index contributed by atoms with van der Waals surface area (Å²) in [6, 6.07) is 10.2. The van der Waals surface area contributed by atoms with E-state index in [0.717, 1.165) is 12.1 Å². The first-order valence-electron chi connectivity index (χ1n) is 7.11. The zero-order valence-electron chi connectivity index (χ0n) is 12.7. The van der Waals surface area contributed by atoms with Crippen LogP contribution in [0.4, 0.5) is 4.79 Å². The maximum absolute atomic E-state index is 12.2. The van der Waals surface area contributed by atoms with Crippen molar-refractivity contribution in [3.8, 4) is 6.01 Å². The van der Waals surface area contributed by atoms with Gasteiger partial charge in [0.05, 0.1) is 11.8 Å². The van der Waals surface area contributed by atoms with Crippen molar-refractivity contribution in [1.29, 1.82) is 0 Å². The summed E-state index contributed by atoms with van der Waals surface area (Å²) >= 11 is 0. The lowest BCUT2D eigenvalue weighted by Gasteiger charge is -2.11. The molecule has 0 radical (unpaired) electrons. The highest BCUT2D eigenvalue weighted by atomic mass is 16.5. The average molecular weight is 287 g/mol. The minimum atomic E-state index is -0.220. The van der Waals surface area contributed by atoms with Gasteiger partial charge in [0.1, 0.15) is 0 Å². The Labute approximate surface area is 125 Å². The predicted molar refractivity (Wildman–Crippen MR) is 81.7 cm³/mol. The first-order valence-corrected chi connectivity index (χ1v) is 7.11. The van der Waals surface area contributed by atoms with Crippen LogP contribution >= 0.6 is 0 Å². The third-order valence-corrected chi connectivity index (χ3v) is 2.89. The summed E-state index contributed by atoms with van der Waals surface area (Å²) in [5.41, 5.74) is 1.95. The molecule has 0 unspecified atom stereocenters. The third-order valence-electron chi connectivity index (χ3n) is 2.89. The van der Waals surface area contributed by atoms with E-state index in [1.54, 1.807) is 6.20 Å². The van der Waals surface area contributed by atoms with E-state index >= 15 is 0 Å². The second kappa shape index (κ2) is 6.92. The Balaban J connectivity index is 1.94. The Bertz CT molecular complexity index is 591. The molecule has 0 bridgehead atoms. The van der Waals surface area contributed by atoms with Gasteiger partial charge in [-0.05, 0) is 32.8 Å². The summed E-state index contributed by atoms with van der Waals surface area (Å²) in [6.07, 6.45) is 2.44. The van der Waals surface area contributed by atoms with Gasteiger partial charge in [0.25, 0.3) is 0 Å². The maximum Gasteiger partial charge on any atom is 0.329 e. The van der Waals surface area contributed by atoms with Crippen LogP contribution in [0, 0.1) is 6.92 Å². The zero-order valence-corrected chi connectivity index (χ0v) is 12.7. The Morgan fingerprint density at radius 1 is 1.33 bits per heavy atom. The standard InChI is InChI=1S/C16H21N3O2/c1-12(2)21-16-18-13(3)11-19(16)15(20)17-10-9-14-7-5-4-6-8-14/h4-8,11-12H,9-10H2,1-3H3,(H,17,20). The zero-order chi connectivity index (χ0) is 15.2. The van der Waals surface area contributed by atoms with Gasteiger partial charge in [-0.25, -0.2) is 14.3 Å². The number of ether oxygens (including phenoxy) is 1. The van der Waals surface area contributed by atoms with E-state index in [9.17, 15) is 4.79 Å². The third kappa shape index (κ3) is 4.34. The molecule has 5 nitrogen and oxygen atoms in total. The van der Waals surface area contributed by atoms with Crippen molar-refractivity contribution in [3.63, 3.8) is 0 Å². The molecule has 1 amide bonds. The Morgan fingerprint density at radius 2 is 2.05 bits per heavy atom. The van der Waals surface area contributed by atoms with Crippen LogP contribution in [0.3, 0.4) is 0 Å². The lowest BCUT2D eigenvalue weighted by Crippen LogP contribution is -2.30. The molecular formula is C16H21N3O2. The monoisotopic (exact) mass is 287 g/mol. The molecule has 0 aliphatic heterocycles. The minimum Gasteiger partial charge on any atom is -0.462 e.